The minimum atomic E-state index is -1.44. The minimum Gasteiger partial charge on any atom is -0.381 e. The molecule has 0 aliphatic carbocycles. The molecule has 0 spiro atoms. The number of hydrogen-bond donors (Lipinski definition) is 5. The third-order valence-corrected chi connectivity index (χ3v) is 15.8. The molecule has 400 valence electrons. The van der Waals surface area contributed by atoms with Gasteiger partial charge in [0.15, 0.2) is 0 Å². The second kappa shape index (κ2) is 22.9. The van der Waals surface area contributed by atoms with Gasteiger partial charge in [0.1, 0.15) is 35.2 Å². The van der Waals surface area contributed by atoms with Crippen molar-refractivity contribution in [3.63, 3.8) is 0 Å². The molecule has 3 saturated heterocycles. The van der Waals surface area contributed by atoms with Gasteiger partial charge in [-0.05, 0) is 130 Å². The number of halogens is 3. The van der Waals surface area contributed by atoms with Gasteiger partial charge >= 0.3 is 0 Å². The van der Waals surface area contributed by atoms with Gasteiger partial charge in [-0.2, -0.15) is 0 Å². The first-order valence-electron chi connectivity index (χ1n) is 26.0. The van der Waals surface area contributed by atoms with E-state index in [0.717, 1.165) is 36.3 Å². The number of anilines is 3. The van der Waals surface area contributed by atoms with Crippen molar-refractivity contribution in [1.82, 2.24) is 30.7 Å². The minimum absolute atomic E-state index is 0.0117. The number of amides is 5. The second-order valence-corrected chi connectivity index (χ2v) is 21.0. The zero-order valence-corrected chi connectivity index (χ0v) is 43.2. The van der Waals surface area contributed by atoms with E-state index in [0.29, 0.717) is 81.2 Å². The lowest BCUT2D eigenvalue weighted by Crippen LogP contribution is -2.62. The summed E-state index contributed by atoms with van der Waals surface area (Å²) in [6.07, 6.45) is 1.38. The lowest BCUT2D eigenvalue weighted by molar-refractivity contribution is -0.144. The fourth-order valence-corrected chi connectivity index (χ4v) is 11.2. The van der Waals surface area contributed by atoms with E-state index >= 15 is 13.6 Å². The topological polar surface area (TPSA) is 177 Å². The van der Waals surface area contributed by atoms with E-state index in [1.165, 1.54) is 23.1 Å². The van der Waals surface area contributed by atoms with E-state index in [1.807, 2.05) is 18.2 Å². The Hall–Kier alpha value is -6.22. The van der Waals surface area contributed by atoms with Gasteiger partial charge in [-0.25, -0.2) is 13.2 Å². The zero-order chi connectivity index (χ0) is 53.1. The largest absolute Gasteiger partial charge is 0.381 e. The van der Waals surface area contributed by atoms with Crippen LogP contribution < -0.4 is 31.5 Å². The van der Waals surface area contributed by atoms with E-state index in [4.69, 9.17) is 9.47 Å². The monoisotopic (exact) mass is 1040 g/mol. The van der Waals surface area contributed by atoms with Gasteiger partial charge in [-0.3, -0.25) is 33.8 Å². The van der Waals surface area contributed by atoms with Crippen LogP contribution in [0.15, 0.2) is 78.9 Å². The predicted molar refractivity (Wildman–Crippen MR) is 277 cm³/mol. The normalized spacial score (nSPS) is 24.0. The highest BCUT2D eigenvalue weighted by Crippen LogP contribution is 2.44. The first-order valence-corrected chi connectivity index (χ1v) is 26.0. The lowest BCUT2D eigenvalue weighted by atomic mass is 9.82. The van der Waals surface area contributed by atoms with Crippen molar-refractivity contribution in [1.29, 1.82) is 0 Å². The van der Waals surface area contributed by atoms with Gasteiger partial charge in [-0.1, -0.05) is 36.4 Å². The summed E-state index contributed by atoms with van der Waals surface area (Å²) >= 11 is 0. The molecule has 5 amide bonds. The molecule has 5 heterocycles. The molecular weight excluding hydrogens is 968 g/mol. The highest BCUT2D eigenvalue weighted by atomic mass is 19.1. The SMILES string of the molecule is CN[C@@H](C)C(=O)N[C@H](C(=O)N1Cc2ccc(NC(=O)[C@@]3(C)CN(C(=O)CN4C[C@@H](C)NC[C@@H]4CN4CCOC[C@H]4C)c4cc(Cc5ccc(F)cc5)ccc43)cc2[C@H]1C(=O)Nc1c(F)cccc1F)C1CCOCC1. The van der Waals surface area contributed by atoms with Crippen LogP contribution in [0.4, 0.5) is 30.2 Å². The molecule has 7 atom stereocenters. The molecule has 5 N–H and O–H groups in total. The van der Waals surface area contributed by atoms with Crippen LogP contribution in [-0.4, -0.2) is 147 Å². The number of piperazine rings is 1. The van der Waals surface area contributed by atoms with Gasteiger partial charge in [0, 0.05) is 82.0 Å². The van der Waals surface area contributed by atoms with Crippen LogP contribution in [0.5, 0.6) is 0 Å². The molecule has 16 nitrogen and oxygen atoms in total. The zero-order valence-electron chi connectivity index (χ0n) is 43.2. The van der Waals surface area contributed by atoms with Crippen LogP contribution in [0.3, 0.4) is 0 Å². The number of carbonyl (C=O) groups is 5. The Morgan fingerprint density at radius 3 is 2.32 bits per heavy atom. The van der Waals surface area contributed by atoms with Crippen molar-refractivity contribution in [2.75, 3.05) is 88.3 Å². The maximum Gasteiger partial charge on any atom is 0.252 e. The fourth-order valence-electron chi connectivity index (χ4n) is 11.2. The molecule has 19 heteroatoms. The van der Waals surface area contributed by atoms with Crippen molar-refractivity contribution >= 4 is 46.6 Å². The maximum absolute atomic E-state index is 15.1. The first kappa shape index (κ1) is 53.6. The molecule has 9 rings (SSSR count). The Labute approximate surface area is 436 Å². The summed E-state index contributed by atoms with van der Waals surface area (Å²) in [5.41, 5.74) is 2.10. The number of morpholine rings is 1. The molecule has 0 aromatic heterocycles. The van der Waals surface area contributed by atoms with E-state index < -0.39 is 64.5 Å². The summed E-state index contributed by atoms with van der Waals surface area (Å²) < 4.78 is 55.5. The molecule has 3 fully saturated rings. The van der Waals surface area contributed by atoms with Crippen molar-refractivity contribution < 1.29 is 46.6 Å². The average molecular weight is 1040 g/mol. The summed E-state index contributed by atoms with van der Waals surface area (Å²) in [4.78, 5) is 80.5. The predicted octanol–water partition coefficient (Wildman–Crippen LogP) is 4.86. The molecular formula is C56H68F3N9O7. The van der Waals surface area contributed by atoms with Gasteiger partial charge < -0.3 is 45.9 Å². The summed E-state index contributed by atoms with van der Waals surface area (Å²) in [6.45, 7) is 12.7. The summed E-state index contributed by atoms with van der Waals surface area (Å²) in [5.74, 6) is -5.22. The number of benzene rings is 4. The number of ether oxygens (including phenoxy) is 2. The second-order valence-electron chi connectivity index (χ2n) is 21.0. The Bertz CT molecular complexity index is 2760. The van der Waals surface area contributed by atoms with E-state index in [2.05, 4.69) is 50.2 Å². The number of fused-ring (bicyclic) bond motifs is 2. The van der Waals surface area contributed by atoms with Crippen LogP contribution in [0, 0.1) is 23.4 Å². The number of nitrogens with zero attached hydrogens (tertiary/aromatic N) is 4. The number of rotatable bonds is 15. The van der Waals surface area contributed by atoms with Crippen molar-refractivity contribution in [3.05, 3.63) is 124 Å². The van der Waals surface area contributed by atoms with Crippen LogP contribution in [-0.2, 0) is 51.8 Å². The number of hydrogen-bond acceptors (Lipinski definition) is 11. The van der Waals surface area contributed by atoms with E-state index in [9.17, 15) is 23.6 Å². The smallest absolute Gasteiger partial charge is 0.252 e. The molecule has 75 heavy (non-hydrogen) atoms. The molecule has 5 aliphatic heterocycles. The number of para-hydroxylation sites is 1. The molecule has 0 radical (unpaired) electrons. The summed E-state index contributed by atoms with van der Waals surface area (Å²) in [7, 11) is 1.62. The molecule has 0 saturated carbocycles. The van der Waals surface area contributed by atoms with Crippen molar-refractivity contribution in [3.8, 4) is 0 Å². The lowest BCUT2D eigenvalue weighted by Gasteiger charge is -2.43. The Morgan fingerprint density at radius 2 is 1.60 bits per heavy atom. The fraction of sp³-hybridized carbons (Fsp3) is 0.482. The van der Waals surface area contributed by atoms with Gasteiger partial charge in [0.05, 0.1) is 31.2 Å². The van der Waals surface area contributed by atoms with E-state index in [-0.39, 0.29) is 61.1 Å². The van der Waals surface area contributed by atoms with Crippen LogP contribution >= 0.6 is 0 Å². The molecule has 0 bridgehead atoms. The summed E-state index contributed by atoms with van der Waals surface area (Å²) in [5, 5.41) is 14.9. The highest BCUT2D eigenvalue weighted by Gasteiger charge is 2.49. The third kappa shape index (κ3) is 11.6. The first-order chi connectivity index (χ1) is 36.0. The maximum atomic E-state index is 15.1. The number of likely N-dealkylation sites (N-methyl/N-ethyl adjacent to an activating group) is 1. The van der Waals surface area contributed by atoms with Crippen molar-refractivity contribution in [2.45, 2.75) is 95.2 Å². The third-order valence-electron chi connectivity index (χ3n) is 15.8. The van der Waals surface area contributed by atoms with Crippen molar-refractivity contribution in [2.24, 2.45) is 5.92 Å². The van der Waals surface area contributed by atoms with Gasteiger partial charge in [0.2, 0.25) is 23.6 Å². The summed E-state index contributed by atoms with van der Waals surface area (Å²) in [6, 6.07) is 17.4. The average Bonchev–Trinajstić information content (AvgIpc) is 3.95. The highest BCUT2D eigenvalue weighted by molar-refractivity contribution is 6.07. The molecule has 4 aromatic carbocycles. The van der Waals surface area contributed by atoms with Crippen LogP contribution in [0.2, 0.25) is 0 Å². The molecule has 5 aliphatic rings. The van der Waals surface area contributed by atoms with Crippen LogP contribution in [0.1, 0.15) is 74.4 Å². The number of carbonyl (C=O) groups excluding carboxylic acids is 5. The number of nitrogens with one attached hydrogen (secondary N) is 5. The van der Waals surface area contributed by atoms with Gasteiger partial charge in [0.25, 0.3) is 5.91 Å². The van der Waals surface area contributed by atoms with E-state index in [1.54, 1.807) is 56.1 Å². The quantitative estimate of drug-likeness (QED) is 0.110. The molecule has 0 unspecified atom stereocenters. The Morgan fingerprint density at radius 1 is 0.867 bits per heavy atom. The van der Waals surface area contributed by atoms with Crippen LogP contribution in [0.25, 0.3) is 0 Å². The Kier molecular flexibility index (Phi) is 16.4. The standard InChI is InChI=1S/C56H68F3N9O7/c1-33-27-66(42(26-61-33)29-65-19-22-75-31-34(65)2)30-48(69)68-32-56(4,44-16-11-37(24-47(44)68)23-36-9-13-40(57)14-10-36)55(73)62-41-15-12-39-28-67(51(43(39)25-41)53(71)64-50-45(58)7-6-8-46(50)59)54(72)49(38-17-20-74-21-18-38)63-52(70)35(3)60-5/h6-16,24-25,33-35,38,42,49,51,60-61H,17-23,26-32H2,1-5H3,(H,62,73)(H,63,70)(H,64,71)/t33-,34-,35+,42-,49+,51+,56+/m1/s1. The Balaban J connectivity index is 1.02. The van der Waals surface area contributed by atoms with Gasteiger partial charge in [-0.15, -0.1) is 0 Å². The molecule has 4 aromatic rings.